The molecule has 3 atom stereocenters. The van der Waals surface area contributed by atoms with Crippen molar-refractivity contribution in [3.63, 3.8) is 0 Å². The molecule has 0 aliphatic carbocycles. The first-order chi connectivity index (χ1) is 16.9. The van der Waals surface area contributed by atoms with Gasteiger partial charge in [0.1, 0.15) is 18.2 Å². The third kappa shape index (κ3) is 10.8. The van der Waals surface area contributed by atoms with Gasteiger partial charge in [-0.25, -0.2) is 4.79 Å². The monoisotopic (exact) mass is 523 g/mol. The van der Waals surface area contributed by atoms with Crippen LogP contribution in [0.15, 0.2) is 18.2 Å². The number of ether oxygens (including phenoxy) is 5. The third-order valence-corrected chi connectivity index (χ3v) is 5.07. The fourth-order valence-electron chi connectivity index (χ4n) is 2.52. The maximum absolute atomic E-state index is 12.6. The molecule has 1 rings (SSSR count). The molecule has 0 amide bonds. The van der Waals surface area contributed by atoms with Gasteiger partial charge in [-0.3, -0.25) is 14.4 Å². The Labute approximate surface area is 219 Å². The molecule has 0 saturated heterocycles. The first-order valence-electron chi connectivity index (χ1n) is 12.3. The molecule has 2 N–H and O–H groups in total. The molecule has 208 valence electrons. The molecule has 0 unspecified atom stereocenters. The normalized spacial score (nSPS) is 14.1. The summed E-state index contributed by atoms with van der Waals surface area (Å²) in [6, 6.07) is 3.55. The van der Waals surface area contributed by atoms with Crippen molar-refractivity contribution in [1.82, 2.24) is 0 Å². The SMILES string of the molecule is CCCOC(=O)O[C@@H](C)[C@H](C)OC(=O)[C@@H](N)Cc1ccc(OC(=O)C(C)(C)C)c(OC(=O)C(C)(C)C)c1. The Kier molecular flexibility index (Phi) is 11.6. The minimum Gasteiger partial charge on any atom is -0.458 e. The Morgan fingerprint density at radius 3 is 1.86 bits per heavy atom. The van der Waals surface area contributed by atoms with E-state index in [0.717, 1.165) is 0 Å². The maximum Gasteiger partial charge on any atom is 0.508 e. The van der Waals surface area contributed by atoms with Crippen LogP contribution >= 0.6 is 0 Å². The Hall–Kier alpha value is -3.14. The zero-order chi connectivity index (χ0) is 28.6. The molecule has 0 spiro atoms. The Morgan fingerprint density at radius 1 is 0.838 bits per heavy atom. The van der Waals surface area contributed by atoms with Crippen LogP contribution in [0.4, 0.5) is 4.79 Å². The highest BCUT2D eigenvalue weighted by Gasteiger charge is 2.29. The number of hydrogen-bond acceptors (Lipinski definition) is 10. The average molecular weight is 524 g/mol. The van der Waals surface area contributed by atoms with Crippen LogP contribution in [0.5, 0.6) is 11.5 Å². The van der Waals surface area contributed by atoms with Crippen molar-refractivity contribution in [2.45, 2.75) is 93.4 Å². The van der Waals surface area contributed by atoms with E-state index < -0.39 is 53.1 Å². The van der Waals surface area contributed by atoms with Gasteiger partial charge in [-0.1, -0.05) is 13.0 Å². The summed E-state index contributed by atoms with van der Waals surface area (Å²) in [6.07, 6.45) is -1.66. The summed E-state index contributed by atoms with van der Waals surface area (Å²) in [7, 11) is 0. The van der Waals surface area contributed by atoms with E-state index in [1.54, 1.807) is 61.5 Å². The van der Waals surface area contributed by atoms with E-state index in [2.05, 4.69) is 0 Å². The van der Waals surface area contributed by atoms with Gasteiger partial charge in [0.05, 0.1) is 17.4 Å². The molecule has 1 aromatic carbocycles. The molecule has 10 nitrogen and oxygen atoms in total. The lowest BCUT2D eigenvalue weighted by molar-refractivity contribution is -0.155. The zero-order valence-electron chi connectivity index (χ0n) is 23.3. The van der Waals surface area contributed by atoms with E-state index in [4.69, 9.17) is 29.4 Å². The molecular formula is C27H41NO9. The van der Waals surface area contributed by atoms with Crippen LogP contribution in [0.25, 0.3) is 0 Å². The van der Waals surface area contributed by atoms with Crippen LogP contribution in [0.3, 0.4) is 0 Å². The van der Waals surface area contributed by atoms with Gasteiger partial charge in [-0.05, 0) is 85.9 Å². The van der Waals surface area contributed by atoms with E-state index in [1.165, 1.54) is 12.1 Å². The summed E-state index contributed by atoms with van der Waals surface area (Å²) >= 11 is 0. The Balaban J connectivity index is 2.97. The van der Waals surface area contributed by atoms with Gasteiger partial charge >= 0.3 is 24.1 Å². The Morgan fingerprint density at radius 2 is 1.35 bits per heavy atom. The summed E-state index contributed by atoms with van der Waals surface area (Å²) in [5, 5.41) is 0. The lowest BCUT2D eigenvalue weighted by atomic mass is 9.97. The molecule has 0 aromatic heterocycles. The van der Waals surface area contributed by atoms with Gasteiger partial charge in [-0.15, -0.1) is 0 Å². The van der Waals surface area contributed by atoms with Crippen molar-refractivity contribution in [1.29, 1.82) is 0 Å². The van der Waals surface area contributed by atoms with Crippen LogP contribution in [-0.4, -0.2) is 48.9 Å². The quantitative estimate of drug-likeness (QED) is 0.348. The molecule has 0 aliphatic heterocycles. The van der Waals surface area contributed by atoms with Crippen LogP contribution in [-0.2, 0) is 35.0 Å². The molecule has 0 radical (unpaired) electrons. The predicted molar refractivity (Wildman–Crippen MR) is 136 cm³/mol. The molecule has 0 heterocycles. The fourth-order valence-corrected chi connectivity index (χ4v) is 2.52. The molecule has 0 saturated carbocycles. The second-order valence-electron chi connectivity index (χ2n) is 10.9. The van der Waals surface area contributed by atoms with Gasteiger partial charge in [0.2, 0.25) is 0 Å². The highest BCUT2D eigenvalue weighted by molar-refractivity contribution is 5.81. The smallest absolute Gasteiger partial charge is 0.458 e. The second-order valence-corrected chi connectivity index (χ2v) is 10.9. The van der Waals surface area contributed by atoms with E-state index >= 15 is 0 Å². The summed E-state index contributed by atoms with van der Waals surface area (Å²) < 4.78 is 26.3. The molecule has 10 heteroatoms. The summed E-state index contributed by atoms with van der Waals surface area (Å²) in [6.45, 7) is 15.4. The van der Waals surface area contributed by atoms with Gasteiger partial charge < -0.3 is 29.4 Å². The highest BCUT2D eigenvalue weighted by atomic mass is 16.7. The minimum atomic E-state index is -1.06. The van der Waals surface area contributed by atoms with Gasteiger partial charge in [0, 0.05) is 0 Å². The van der Waals surface area contributed by atoms with Crippen LogP contribution in [0.1, 0.15) is 74.3 Å². The molecule has 0 bridgehead atoms. The standard InChI is InChI=1S/C27H41NO9/c1-10-13-33-25(32)35-17(3)16(2)34-22(29)19(28)14-18-11-12-20(36-23(30)26(4,5)6)21(15-18)37-24(31)27(7,8)9/h11-12,15-17,19H,10,13-14,28H2,1-9H3/t16-,17-,19-/m0/s1. The van der Waals surface area contributed by atoms with Crippen molar-refractivity contribution >= 4 is 24.1 Å². The second kappa shape index (κ2) is 13.4. The largest absolute Gasteiger partial charge is 0.508 e. The van der Waals surface area contributed by atoms with Gasteiger partial charge in [-0.2, -0.15) is 0 Å². The number of nitrogens with two attached hydrogens (primary N) is 1. The van der Waals surface area contributed by atoms with Crippen LogP contribution < -0.4 is 15.2 Å². The summed E-state index contributed by atoms with van der Waals surface area (Å²) in [4.78, 5) is 49.1. The van der Waals surface area contributed by atoms with Gasteiger partial charge in [0.25, 0.3) is 0 Å². The number of carbonyl (C=O) groups excluding carboxylic acids is 4. The molecule has 37 heavy (non-hydrogen) atoms. The van der Waals surface area contributed by atoms with Crippen LogP contribution in [0, 0.1) is 10.8 Å². The van der Waals surface area contributed by atoms with E-state index in [-0.39, 0.29) is 24.5 Å². The highest BCUT2D eigenvalue weighted by Crippen LogP contribution is 2.33. The number of rotatable bonds is 10. The Bertz CT molecular complexity index is 960. The number of carbonyl (C=O) groups is 4. The lowest BCUT2D eigenvalue weighted by Crippen LogP contribution is -2.39. The minimum absolute atomic E-state index is 0.0385. The molecular weight excluding hydrogens is 482 g/mol. The number of esters is 3. The lowest BCUT2D eigenvalue weighted by Gasteiger charge is -2.22. The van der Waals surface area contributed by atoms with Crippen LogP contribution in [0.2, 0.25) is 0 Å². The molecule has 0 aliphatic rings. The van der Waals surface area contributed by atoms with E-state index in [1.807, 2.05) is 6.92 Å². The van der Waals surface area contributed by atoms with Gasteiger partial charge in [0.15, 0.2) is 11.5 Å². The van der Waals surface area contributed by atoms with Crippen molar-refractivity contribution < 1.29 is 42.9 Å². The first kappa shape index (κ1) is 31.9. The van der Waals surface area contributed by atoms with Crippen molar-refractivity contribution in [2.24, 2.45) is 16.6 Å². The van der Waals surface area contributed by atoms with Crippen molar-refractivity contribution in [2.75, 3.05) is 6.61 Å². The van der Waals surface area contributed by atoms with E-state index in [0.29, 0.717) is 12.0 Å². The molecule has 0 fully saturated rings. The molecule has 1 aromatic rings. The number of hydrogen-bond donors (Lipinski definition) is 1. The average Bonchev–Trinajstić information content (AvgIpc) is 2.77. The van der Waals surface area contributed by atoms with Crippen molar-refractivity contribution in [3.05, 3.63) is 23.8 Å². The maximum atomic E-state index is 12.6. The summed E-state index contributed by atoms with van der Waals surface area (Å²) in [5.41, 5.74) is 5.03. The third-order valence-electron chi connectivity index (χ3n) is 5.07. The fraction of sp³-hybridized carbons (Fsp3) is 0.630. The zero-order valence-corrected chi connectivity index (χ0v) is 23.3. The topological polar surface area (TPSA) is 140 Å². The first-order valence-corrected chi connectivity index (χ1v) is 12.3. The van der Waals surface area contributed by atoms with Crippen molar-refractivity contribution in [3.8, 4) is 11.5 Å². The van der Waals surface area contributed by atoms with E-state index in [9.17, 15) is 19.2 Å². The summed E-state index contributed by atoms with van der Waals surface area (Å²) in [5.74, 6) is -1.62. The number of benzene rings is 1. The predicted octanol–water partition coefficient (Wildman–Crippen LogP) is 4.34.